The van der Waals surface area contributed by atoms with Crippen LogP contribution in [0.2, 0.25) is 0 Å². The number of rotatable bonds is 3. The van der Waals surface area contributed by atoms with E-state index in [4.69, 9.17) is 0 Å². The van der Waals surface area contributed by atoms with Gasteiger partial charge >= 0.3 is 0 Å². The number of aromatic nitrogens is 2. The second-order valence-electron chi connectivity index (χ2n) is 5.16. The predicted molar refractivity (Wildman–Crippen MR) is 74.1 cm³/mol. The number of carbonyl (C=O) groups excluding carboxylic acids is 1. The van der Waals surface area contributed by atoms with Crippen molar-refractivity contribution in [1.82, 2.24) is 20.4 Å². The van der Waals surface area contributed by atoms with E-state index in [-0.39, 0.29) is 5.91 Å². The third-order valence-corrected chi connectivity index (χ3v) is 3.57. The van der Waals surface area contributed by atoms with Crippen LogP contribution in [0.15, 0.2) is 12.1 Å². The Hall–Kier alpha value is -1.69. The number of amides is 1. The maximum atomic E-state index is 11.4. The first-order valence-electron chi connectivity index (χ1n) is 6.61. The minimum absolute atomic E-state index is 0.216. The third-order valence-electron chi connectivity index (χ3n) is 3.57. The van der Waals surface area contributed by atoms with Gasteiger partial charge < -0.3 is 15.5 Å². The van der Waals surface area contributed by atoms with E-state index in [2.05, 4.69) is 39.7 Å². The van der Waals surface area contributed by atoms with Crippen LogP contribution in [0.1, 0.15) is 23.8 Å². The van der Waals surface area contributed by atoms with Gasteiger partial charge in [-0.2, -0.15) is 0 Å². The fraction of sp³-hybridized carbons (Fsp3) is 0.615. The Labute approximate surface area is 113 Å². The lowest BCUT2D eigenvalue weighted by Crippen LogP contribution is -2.43. The highest BCUT2D eigenvalue weighted by Gasteiger charge is 2.24. The van der Waals surface area contributed by atoms with E-state index in [1.807, 2.05) is 6.07 Å². The summed E-state index contributed by atoms with van der Waals surface area (Å²) in [6, 6.07) is 3.91. The highest BCUT2D eigenvalue weighted by molar-refractivity contribution is 5.91. The molecule has 1 aliphatic heterocycles. The summed E-state index contributed by atoms with van der Waals surface area (Å²) in [6.45, 7) is 4.41. The van der Waals surface area contributed by atoms with Gasteiger partial charge in [-0.25, -0.2) is 0 Å². The SMILES string of the molecule is CNC(=O)c1ccc(NC2CCN(C)CC2C)nn1. The first-order valence-corrected chi connectivity index (χ1v) is 6.61. The second kappa shape index (κ2) is 5.97. The monoisotopic (exact) mass is 263 g/mol. The summed E-state index contributed by atoms with van der Waals surface area (Å²) >= 11 is 0. The van der Waals surface area contributed by atoms with E-state index in [1.54, 1.807) is 13.1 Å². The van der Waals surface area contributed by atoms with Gasteiger partial charge in [-0.1, -0.05) is 6.92 Å². The first-order chi connectivity index (χ1) is 9.10. The van der Waals surface area contributed by atoms with Crippen molar-refractivity contribution in [1.29, 1.82) is 0 Å². The van der Waals surface area contributed by atoms with Crippen LogP contribution in [0.3, 0.4) is 0 Å². The van der Waals surface area contributed by atoms with Crippen LogP contribution in [0.5, 0.6) is 0 Å². The molecule has 6 nitrogen and oxygen atoms in total. The van der Waals surface area contributed by atoms with Crippen molar-refractivity contribution >= 4 is 11.7 Å². The lowest BCUT2D eigenvalue weighted by Gasteiger charge is -2.35. The molecule has 2 heterocycles. The fourth-order valence-electron chi connectivity index (χ4n) is 2.42. The van der Waals surface area contributed by atoms with Gasteiger partial charge in [0.1, 0.15) is 5.82 Å². The molecule has 0 bridgehead atoms. The van der Waals surface area contributed by atoms with Crippen molar-refractivity contribution in [2.45, 2.75) is 19.4 Å². The lowest BCUT2D eigenvalue weighted by atomic mass is 9.94. The van der Waals surface area contributed by atoms with Gasteiger partial charge in [-0.05, 0) is 38.1 Å². The highest BCUT2D eigenvalue weighted by atomic mass is 16.1. The summed E-state index contributed by atoms with van der Waals surface area (Å²) in [6.07, 6.45) is 1.09. The molecular weight excluding hydrogens is 242 g/mol. The first kappa shape index (κ1) is 13.7. The van der Waals surface area contributed by atoms with E-state index in [9.17, 15) is 4.79 Å². The molecule has 0 spiro atoms. The molecule has 104 valence electrons. The smallest absolute Gasteiger partial charge is 0.271 e. The number of piperidine rings is 1. The van der Waals surface area contributed by atoms with E-state index in [0.717, 1.165) is 25.3 Å². The van der Waals surface area contributed by atoms with Gasteiger partial charge in [0.05, 0.1) is 0 Å². The lowest BCUT2D eigenvalue weighted by molar-refractivity contribution is 0.0957. The molecule has 2 N–H and O–H groups in total. The number of carbonyl (C=O) groups is 1. The number of nitrogens with one attached hydrogen (secondary N) is 2. The zero-order valence-corrected chi connectivity index (χ0v) is 11.7. The van der Waals surface area contributed by atoms with E-state index < -0.39 is 0 Å². The normalized spacial score (nSPS) is 23.9. The fourth-order valence-corrected chi connectivity index (χ4v) is 2.42. The molecule has 0 aliphatic carbocycles. The molecule has 19 heavy (non-hydrogen) atoms. The largest absolute Gasteiger partial charge is 0.365 e. The van der Waals surface area contributed by atoms with Crippen molar-refractivity contribution in [2.75, 3.05) is 32.5 Å². The molecule has 0 aromatic carbocycles. The molecule has 6 heteroatoms. The maximum Gasteiger partial charge on any atom is 0.271 e. The Morgan fingerprint density at radius 2 is 2.21 bits per heavy atom. The molecule has 1 saturated heterocycles. The summed E-state index contributed by atoms with van der Waals surface area (Å²) in [4.78, 5) is 13.7. The average molecular weight is 263 g/mol. The third kappa shape index (κ3) is 3.41. The highest BCUT2D eigenvalue weighted by Crippen LogP contribution is 2.19. The molecule has 0 radical (unpaired) electrons. The molecular formula is C13H21N5O. The van der Waals surface area contributed by atoms with Crippen LogP contribution in [0.25, 0.3) is 0 Å². The van der Waals surface area contributed by atoms with Gasteiger partial charge in [-0.15, -0.1) is 10.2 Å². The quantitative estimate of drug-likeness (QED) is 0.835. The number of anilines is 1. The van der Waals surface area contributed by atoms with Crippen molar-refractivity contribution in [3.63, 3.8) is 0 Å². The summed E-state index contributed by atoms with van der Waals surface area (Å²) in [7, 11) is 3.72. The molecule has 0 saturated carbocycles. The van der Waals surface area contributed by atoms with Crippen LogP contribution in [0, 0.1) is 5.92 Å². The van der Waals surface area contributed by atoms with Crippen LogP contribution in [0.4, 0.5) is 5.82 Å². The van der Waals surface area contributed by atoms with Gasteiger partial charge in [0.25, 0.3) is 5.91 Å². The van der Waals surface area contributed by atoms with Crippen LogP contribution in [-0.2, 0) is 0 Å². The second-order valence-corrected chi connectivity index (χ2v) is 5.16. The summed E-state index contributed by atoms with van der Waals surface area (Å²) < 4.78 is 0. The molecule has 1 aromatic heterocycles. The van der Waals surface area contributed by atoms with Gasteiger partial charge in [0.2, 0.25) is 0 Å². The van der Waals surface area contributed by atoms with E-state index in [0.29, 0.717) is 17.7 Å². The zero-order valence-electron chi connectivity index (χ0n) is 11.7. The minimum Gasteiger partial charge on any atom is -0.365 e. The van der Waals surface area contributed by atoms with Gasteiger partial charge in [0.15, 0.2) is 5.69 Å². The summed E-state index contributed by atoms with van der Waals surface area (Å²) in [5.74, 6) is 1.08. The van der Waals surface area contributed by atoms with Crippen LogP contribution >= 0.6 is 0 Å². The molecule has 1 aromatic rings. The molecule has 1 fully saturated rings. The summed E-state index contributed by atoms with van der Waals surface area (Å²) in [5, 5.41) is 13.9. The number of likely N-dealkylation sites (tertiary alicyclic amines) is 1. The van der Waals surface area contributed by atoms with Crippen LogP contribution in [-0.4, -0.2) is 54.2 Å². The maximum absolute atomic E-state index is 11.4. The Morgan fingerprint density at radius 1 is 1.42 bits per heavy atom. The molecule has 1 aliphatic rings. The van der Waals surface area contributed by atoms with E-state index in [1.165, 1.54) is 0 Å². The Kier molecular flexibility index (Phi) is 4.31. The van der Waals surface area contributed by atoms with Crippen LogP contribution < -0.4 is 10.6 Å². The molecule has 2 atom stereocenters. The molecule has 1 amide bonds. The van der Waals surface area contributed by atoms with Crippen molar-refractivity contribution in [3.05, 3.63) is 17.8 Å². The summed E-state index contributed by atoms with van der Waals surface area (Å²) in [5.41, 5.74) is 0.337. The Morgan fingerprint density at radius 3 is 2.79 bits per heavy atom. The number of hydrogen-bond acceptors (Lipinski definition) is 5. The van der Waals surface area contributed by atoms with Crippen molar-refractivity contribution < 1.29 is 4.79 Å². The average Bonchev–Trinajstić information content (AvgIpc) is 2.42. The molecule has 2 rings (SSSR count). The van der Waals surface area contributed by atoms with Gasteiger partial charge in [-0.3, -0.25) is 4.79 Å². The predicted octanol–water partition coefficient (Wildman–Crippen LogP) is 0.588. The standard InChI is InChI=1S/C13H21N5O/c1-9-8-18(3)7-6-10(9)15-12-5-4-11(16-17-12)13(19)14-2/h4-5,9-10H,6-8H2,1-3H3,(H,14,19)(H,15,17). The van der Waals surface area contributed by atoms with Gasteiger partial charge in [0, 0.05) is 19.6 Å². The topological polar surface area (TPSA) is 70.2 Å². The van der Waals surface area contributed by atoms with Crippen molar-refractivity contribution in [3.8, 4) is 0 Å². The van der Waals surface area contributed by atoms with E-state index >= 15 is 0 Å². The molecule has 2 unspecified atom stereocenters. The minimum atomic E-state index is -0.216. The Balaban J connectivity index is 1.98. The van der Waals surface area contributed by atoms with Crippen molar-refractivity contribution in [2.24, 2.45) is 5.92 Å². The zero-order chi connectivity index (χ0) is 13.8. The number of nitrogens with zero attached hydrogens (tertiary/aromatic N) is 3. The number of hydrogen-bond donors (Lipinski definition) is 2. The Bertz CT molecular complexity index is 433.